The van der Waals surface area contributed by atoms with Crippen molar-refractivity contribution in [2.45, 2.75) is 45.1 Å². The van der Waals surface area contributed by atoms with E-state index in [0.29, 0.717) is 5.39 Å². The lowest BCUT2D eigenvalue weighted by atomic mass is 9.95. The Morgan fingerprint density at radius 3 is 2.82 bits per heavy atom. The number of hydrogen-bond acceptors (Lipinski definition) is 5. The van der Waals surface area contributed by atoms with Crippen LogP contribution in [0.3, 0.4) is 0 Å². The Labute approximate surface area is 129 Å². The first-order valence-electron chi connectivity index (χ1n) is 7.62. The minimum absolute atomic E-state index is 0.0519. The van der Waals surface area contributed by atoms with E-state index in [0.717, 1.165) is 36.8 Å². The minimum Gasteiger partial charge on any atom is -0.389 e. The molecule has 1 aromatic heterocycles. The van der Waals surface area contributed by atoms with Gasteiger partial charge in [-0.3, -0.25) is 0 Å². The van der Waals surface area contributed by atoms with Crippen LogP contribution in [0.15, 0.2) is 24.5 Å². The van der Waals surface area contributed by atoms with Gasteiger partial charge in [-0.15, -0.1) is 0 Å². The molecule has 1 amide bonds. The van der Waals surface area contributed by atoms with Gasteiger partial charge in [0.15, 0.2) is 0 Å². The minimum atomic E-state index is -0.562. The molecule has 3 rings (SSSR count). The Hall–Kier alpha value is -2.21. The van der Waals surface area contributed by atoms with Gasteiger partial charge in [-0.25, -0.2) is 25.6 Å². The van der Waals surface area contributed by atoms with Crippen molar-refractivity contribution in [1.29, 1.82) is 0 Å². The van der Waals surface area contributed by atoms with Crippen molar-refractivity contribution in [3.05, 3.63) is 30.1 Å². The molecule has 6 heteroatoms. The maximum absolute atomic E-state index is 12.3. The molecule has 22 heavy (non-hydrogen) atoms. The van der Waals surface area contributed by atoms with E-state index in [-0.39, 0.29) is 11.9 Å². The maximum atomic E-state index is 12.3. The van der Waals surface area contributed by atoms with E-state index in [9.17, 15) is 4.79 Å². The zero-order valence-electron chi connectivity index (χ0n) is 12.7. The third-order valence-electron chi connectivity index (χ3n) is 4.12. The quantitative estimate of drug-likeness (QED) is 0.524. The van der Waals surface area contributed by atoms with Crippen LogP contribution in [0.5, 0.6) is 5.88 Å². The summed E-state index contributed by atoms with van der Waals surface area (Å²) in [5, 5.41) is 1.93. The van der Waals surface area contributed by atoms with Crippen LogP contribution in [0.1, 0.15) is 37.7 Å². The van der Waals surface area contributed by atoms with Crippen LogP contribution in [0, 0.1) is 6.92 Å². The lowest BCUT2D eigenvalue weighted by Gasteiger charge is -2.29. The van der Waals surface area contributed by atoms with Gasteiger partial charge in [0.2, 0.25) is 5.88 Å². The van der Waals surface area contributed by atoms with Crippen LogP contribution >= 0.6 is 0 Å². The lowest BCUT2D eigenvalue weighted by molar-refractivity contribution is 0.117. The Morgan fingerprint density at radius 2 is 2.05 bits per heavy atom. The lowest BCUT2D eigenvalue weighted by Crippen LogP contribution is -2.47. The number of carbonyl (C=O) groups excluding carboxylic acids is 1. The number of benzene rings is 1. The largest absolute Gasteiger partial charge is 0.431 e. The van der Waals surface area contributed by atoms with Crippen molar-refractivity contribution >= 4 is 17.0 Å². The van der Waals surface area contributed by atoms with E-state index in [1.807, 2.05) is 25.1 Å². The van der Waals surface area contributed by atoms with Crippen molar-refractivity contribution in [1.82, 2.24) is 15.0 Å². The van der Waals surface area contributed by atoms with E-state index < -0.39 is 6.09 Å². The number of nitrogens with zero attached hydrogens (tertiary/aromatic N) is 3. The zero-order chi connectivity index (χ0) is 15.5. The number of nitrogens with two attached hydrogens (primary N) is 1. The fraction of sp³-hybridized carbons (Fsp3) is 0.438. The van der Waals surface area contributed by atoms with Crippen molar-refractivity contribution < 1.29 is 9.53 Å². The zero-order valence-corrected chi connectivity index (χ0v) is 12.7. The topological polar surface area (TPSA) is 81.3 Å². The number of ether oxygens (including phenoxy) is 1. The molecule has 1 heterocycles. The number of amides is 1. The fourth-order valence-electron chi connectivity index (χ4n) is 2.87. The second kappa shape index (κ2) is 6.27. The molecular formula is C16H20N4O2. The highest BCUT2D eigenvalue weighted by atomic mass is 16.6. The van der Waals surface area contributed by atoms with E-state index in [1.165, 1.54) is 17.8 Å². The number of carbonyl (C=O) groups is 1. The molecule has 1 aliphatic carbocycles. The Morgan fingerprint density at radius 1 is 1.27 bits per heavy atom. The molecule has 116 valence electrons. The van der Waals surface area contributed by atoms with Gasteiger partial charge in [0.05, 0.1) is 16.9 Å². The third-order valence-corrected chi connectivity index (χ3v) is 4.12. The van der Waals surface area contributed by atoms with Crippen LogP contribution in [-0.4, -0.2) is 27.1 Å². The molecular weight excluding hydrogens is 280 g/mol. The molecule has 0 aliphatic heterocycles. The van der Waals surface area contributed by atoms with E-state index >= 15 is 0 Å². The summed E-state index contributed by atoms with van der Waals surface area (Å²) in [5.74, 6) is 6.18. The Bertz CT molecular complexity index is 683. The van der Waals surface area contributed by atoms with Crippen molar-refractivity contribution in [2.75, 3.05) is 0 Å². The number of aryl methyl sites for hydroxylation is 1. The fourth-order valence-corrected chi connectivity index (χ4v) is 2.87. The summed E-state index contributed by atoms with van der Waals surface area (Å²) in [6.45, 7) is 1.97. The normalized spacial score (nSPS) is 15.7. The van der Waals surface area contributed by atoms with Gasteiger partial charge in [0.1, 0.15) is 6.33 Å². The van der Waals surface area contributed by atoms with Gasteiger partial charge in [-0.05, 0) is 31.9 Å². The van der Waals surface area contributed by atoms with E-state index in [2.05, 4.69) is 9.97 Å². The molecule has 1 fully saturated rings. The van der Waals surface area contributed by atoms with Crippen molar-refractivity contribution in [3.63, 3.8) is 0 Å². The molecule has 0 atom stereocenters. The summed E-state index contributed by atoms with van der Waals surface area (Å²) >= 11 is 0. The average molecular weight is 300 g/mol. The van der Waals surface area contributed by atoms with Crippen LogP contribution in [0.2, 0.25) is 0 Å². The smallest absolute Gasteiger partial charge is 0.389 e. The molecule has 6 nitrogen and oxygen atoms in total. The summed E-state index contributed by atoms with van der Waals surface area (Å²) in [7, 11) is 0. The first kappa shape index (κ1) is 14.7. The van der Waals surface area contributed by atoms with Crippen LogP contribution in [0.4, 0.5) is 4.79 Å². The van der Waals surface area contributed by atoms with Gasteiger partial charge in [0, 0.05) is 0 Å². The summed E-state index contributed by atoms with van der Waals surface area (Å²) in [5.41, 5.74) is 1.79. The van der Waals surface area contributed by atoms with Crippen LogP contribution < -0.4 is 10.6 Å². The number of hydrogen-bond donors (Lipinski definition) is 1. The molecule has 0 unspecified atom stereocenters. The summed E-state index contributed by atoms with van der Waals surface area (Å²) < 4.78 is 5.41. The van der Waals surface area contributed by atoms with Crippen LogP contribution in [0.25, 0.3) is 10.9 Å². The first-order chi connectivity index (χ1) is 10.6. The second-order valence-corrected chi connectivity index (χ2v) is 5.77. The monoisotopic (exact) mass is 300 g/mol. The molecule has 0 saturated heterocycles. The molecule has 0 bridgehead atoms. The molecule has 1 saturated carbocycles. The van der Waals surface area contributed by atoms with E-state index in [1.54, 1.807) is 0 Å². The van der Waals surface area contributed by atoms with Crippen LogP contribution in [-0.2, 0) is 0 Å². The van der Waals surface area contributed by atoms with Gasteiger partial charge >= 0.3 is 6.09 Å². The Kier molecular flexibility index (Phi) is 4.20. The van der Waals surface area contributed by atoms with Gasteiger partial charge < -0.3 is 4.74 Å². The van der Waals surface area contributed by atoms with Gasteiger partial charge in [-0.2, -0.15) is 0 Å². The number of hydrazine groups is 1. The molecule has 2 aromatic rings. The molecule has 2 N–H and O–H groups in total. The SMILES string of the molecule is Cc1ccc2ncnc(OC(=O)N(N)C3CCCCC3)c2c1. The van der Waals surface area contributed by atoms with Crippen molar-refractivity contribution in [2.24, 2.45) is 5.84 Å². The van der Waals surface area contributed by atoms with Crippen molar-refractivity contribution in [3.8, 4) is 5.88 Å². The predicted octanol–water partition coefficient (Wildman–Crippen LogP) is 2.95. The number of aromatic nitrogens is 2. The van der Waals surface area contributed by atoms with Gasteiger partial charge in [-0.1, -0.05) is 30.9 Å². The summed E-state index contributed by atoms with van der Waals surface area (Å²) in [6.07, 6.45) is 6.08. The van der Waals surface area contributed by atoms with E-state index in [4.69, 9.17) is 10.6 Å². The summed E-state index contributed by atoms with van der Waals surface area (Å²) in [4.78, 5) is 20.5. The first-order valence-corrected chi connectivity index (χ1v) is 7.62. The maximum Gasteiger partial charge on any atom is 0.431 e. The highest BCUT2D eigenvalue weighted by molar-refractivity contribution is 5.86. The molecule has 0 spiro atoms. The summed E-state index contributed by atoms with van der Waals surface area (Å²) in [6, 6.07) is 5.79. The molecule has 0 radical (unpaired) electrons. The number of fused-ring (bicyclic) bond motifs is 1. The standard InChI is InChI=1S/C16H20N4O2/c1-11-7-8-14-13(9-11)15(19-10-18-14)22-16(21)20(17)12-5-3-2-4-6-12/h7-10,12H,2-6,17H2,1H3. The molecule has 1 aromatic carbocycles. The highest BCUT2D eigenvalue weighted by Crippen LogP contribution is 2.24. The highest BCUT2D eigenvalue weighted by Gasteiger charge is 2.25. The predicted molar refractivity (Wildman–Crippen MR) is 83.2 cm³/mol. The average Bonchev–Trinajstić information content (AvgIpc) is 2.55. The molecule has 1 aliphatic rings. The van der Waals surface area contributed by atoms with Gasteiger partial charge in [0.25, 0.3) is 0 Å². The second-order valence-electron chi connectivity index (χ2n) is 5.77. The number of rotatable bonds is 2. The third kappa shape index (κ3) is 3.01. The Balaban J connectivity index is 1.80.